The zero-order valence-corrected chi connectivity index (χ0v) is 16.6. The van der Waals surface area contributed by atoms with Gasteiger partial charge in [0.25, 0.3) is 5.91 Å². The molecule has 0 aliphatic carbocycles. The maximum atomic E-state index is 12.8. The number of nitroso groups, excluding NO2 is 1. The lowest BCUT2D eigenvalue weighted by molar-refractivity contribution is -0.174. The Balaban J connectivity index is 2.53. The Morgan fingerprint density at radius 1 is 1.46 bits per heavy atom. The molecule has 1 fully saturated rings. The van der Waals surface area contributed by atoms with Crippen LogP contribution in [0.4, 0.5) is 0 Å². The smallest absolute Gasteiger partial charge is 0.309 e. The van der Waals surface area contributed by atoms with Crippen LogP contribution in [0.2, 0.25) is 0 Å². The molecule has 0 saturated carbocycles. The number of nitrogens with zero attached hydrogens (tertiary/aromatic N) is 3. The molecular weight excluding hydrogens is 364 g/mol. The summed E-state index contributed by atoms with van der Waals surface area (Å²) < 4.78 is 0. The van der Waals surface area contributed by atoms with Crippen LogP contribution in [-0.4, -0.2) is 51.9 Å². The van der Waals surface area contributed by atoms with E-state index in [4.69, 9.17) is 11.6 Å². The highest BCUT2D eigenvalue weighted by Gasteiger charge is 2.56. The van der Waals surface area contributed by atoms with Crippen LogP contribution in [0.1, 0.15) is 40.5 Å². The van der Waals surface area contributed by atoms with Crippen LogP contribution in [0.3, 0.4) is 0 Å². The van der Waals surface area contributed by atoms with Crippen LogP contribution in [0.25, 0.3) is 0 Å². The van der Waals surface area contributed by atoms with E-state index in [0.717, 1.165) is 21.2 Å². The van der Waals surface area contributed by atoms with E-state index in [-0.39, 0.29) is 12.5 Å². The normalized spacial score (nSPS) is 27.6. The fourth-order valence-electron chi connectivity index (χ4n) is 3.67. The number of allylic oxidation sites excluding steroid dienone is 2. The van der Waals surface area contributed by atoms with Crippen LogP contribution in [-0.2, 0) is 14.4 Å². The molecule has 1 saturated heterocycles. The van der Waals surface area contributed by atoms with Crippen LogP contribution in [0.5, 0.6) is 0 Å². The van der Waals surface area contributed by atoms with Crippen LogP contribution in [0.15, 0.2) is 28.6 Å². The summed E-state index contributed by atoms with van der Waals surface area (Å²) in [6, 6.07) is -1.19. The lowest BCUT2D eigenvalue weighted by atomic mass is 9.85. The molecule has 5 N–H and O–H groups in total. The van der Waals surface area contributed by atoms with Gasteiger partial charge in [-0.05, 0) is 25.8 Å². The van der Waals surface area contributed by atoms with Gasteiger partial charge in [-0.2, -0.15) is 0 Å². The number of hydrazine groups is 1. The second-order valence-electron chi connectivity index (χ2n) is 7.42. The Bertz CT molecular complexity index is 748. The standard InChI is InChI=1S/C18H28N6O4/c1-5-10(2)18(19)17(27)23(20)9-15(25)24(18)14(16(26)22-28)8-13-7-6-11(3)21-12(13)4/h6-7,10-11,14,21H,5,8-9,19-20H2,1-4H3/t10-,11?,14?,18+/m0/s1. The Morgan fingerprint density at radius 2 is 2.11 bits per heavy atom. The van der Waals surface area contributed by atoms with Crippen LogP contribution in [0, 0.1) is 10.8 Å². The van der Waals surface area contributed by atoms with Gasteiger partial charge in [-0.15, -0.1) is 4.91 Å². The number of carbonyl (C=O) groups excluding carboxylic acids is 3. The van der Waals surface area contributed by atoms with Gasteiger partial charge in [0, 0.05) is 29.3 Å². The summed E-state index contributed by atoms with van der Waals surface area (Å²) in [5.41, 5.74) is 6.11. The van der Waals surface area contributed by atoms with Crippen molar-refractivity contribution in [2.75, 3.05) is 6.54 Å². The van der Waals surface area contributed by atoms with E-state index >= 15 is 0 Å². The molecule has 0 radical (unpaired) electrons. The maximum absolute atomic E-state index is 12.8. The summed E-state index contributed by atoms with van der Waals surface area (Å²) in [5.74, 6) is 2.84. The lowest BCUT2D eigenvalue weighted by Crippen LogP contribution is -2.78. The Labute approximate surface area is 163 Å². The van der Waals surface area contributed by atoms with Crippen molar-refractivity contribution in [1.29, 1.82) is 0 Å². The first-order valence-corrected chi connectivity index (χ1v) is 9.27. The van der Waals surface area contributed by atoms with E-state index in [1.165, 1.54) is 0 Å². The third-order valence-electron chi connectivity index (χ3n) is 5.55. The van der Waals surface area contributed by atoms with E-state index in [9.17, 15) is 19.3 Å². The highest BCUT2D eigenvalue weighted by Crippen LogP contribution is 2.33. The van der Waals surface area contributed by atoms with E-state index in [1.54, 1.807) is 13.8 Å². The van der Waals surface area contributed by atoms with Gasteiger partial charge >= 0.3 is 5.91 Å². The summed E-state index contributed by atoms with van der Waals surface area (Å²) in [7, 11) is 0. The fourth-order valence-corrected chi connectivity index (χ4v) is 3.67. The van der Waals surface area contributed by atoms with E-state index in [0.29, 0.717) is 6.42 Å². The number of hydrogen-bond donors (Lipinski definition) is 3. The van der Waals surface area contributed by atoms with Crippen molar-refractivity contribution in [1.82, 2.24) is 15.2 Å². The molecule has 0 aromatic rings. The van der Waals surface area contributed by atoms with Crippen molar-refractivity contribution in [2.45, 2.75) is 58.3 Å². The van der Waals surface area contributed by atoms with Crippen LogP contribution >= 0.6 is 0 Å². The summed E-state index contributed by atoms with van der Waals surface area (Å²) >= 11 is 0. The van der Waals surface area contributed by atoms with Gasteiger partial charge in [0.2, 0.25) is 5.91 Å². The van der Waals surface area contributed by atoms with Crippen LogP contribution < -0.4 is 16.9 Å². The summed E-state index contributed by atoms with van der Waals surface area (Å²) in [5, 5.41) is 6.52. The number of nitrogens with one attached hydrogen (secondary N) is 1. The minimum absolute atomic E-state index is 0.00556. The molecular formula is C18H28N6O4. The quantitative estimate of drug-likeness (QED) is 0.329. The molecule has 0 aromatic carbocycles. The molecule has 2 aliphatic rings. The number of amides is 3. The van der Waals surface area contributed by atoms with Gasteiger partial charge in [0.1, 0.15) is 12.6 Å². The lowest BCUT2D eigenvalue weighted by Gasteiger charge is -2.50. The number of dihydropyridines is 1. The Morgan fingerprint density at radius 3 is 2.64 bits per heavy atom. The Kier molecular flexibility index (Phi) is 6.35. The second kappa shape index (κ2) is 8.19. The molecule has 2 rings (SSSR count). The predicted octanol–water partition coefficient (Wildman–Crippen LogP) is 0.106. The van der Waals surface area contributed by atoms with Crippen molar-refractivity contribution >= 4 is 17.7 Å². The predicted molar refractivity (Wildman–Crippen MR) is 103 cm³/mol. The molecule has 10 heteroatoms. The Hall–Kier alpha value is -2.59. The average molecular weight is 392 g/mol. The third kappa shape index (κ3) is 3.69. The molecule has 0 aromatic heterocycles. The molecule has 154 valence electrons. The monoisotopic (exact) mass is 392 g/mol. The number of piperazine rings is 1. The minimum Gasteiger partial charge on any atom is -0.382 e. The van der Waals surface area contributed by atoms with Crippen molar-refractivity contribution in [3.8, 4) is 0 Å². The third-order valence-corrected chi connectivity index (χ3v) is 5.55. The largest absolute Gasteiger partial charge is 0.382 e. The van der Waals surface area contributed by atoms with E-state index in [2.05, 4.69) is 10.5 Å². The molecule has 28 heavy (non-hydrogen) atoms. The highest BCUT2D eigenvalue weighted by atomic mass is 16.3. The number of hydrogen-bond acceptors (Lipinski definition) is 7. The SMILES string of the molecule is CC[C@H](C)[C@]1(N)C(=O)N(N)CC(=O)N1C(CC1=C(C)NC(C)C=C1)C(=O)N=O. The summed E-state index contributed by atoms with van der Waals surface area (Å²) in [6.45, 7) is 6.87. The maximum Gasteiger partial charge on any atom is 0.309 e. The fraction of sp³-hybridized carbons (Fsp3) is 0.611. The van der Waals surface area contributed by atoms with E-state index < -0.39 is 41.9 Å². The van der Waals surface area contributed by atoms with E-state index in [1.807, 2.05) is 26.0 Å². The van der Waals surface area contributed by atoms with Gasteiger partial charge in [0.05, 0.1) is 0 Å². The molecule has 2 heterocycles. The van der Waals surface area contributed by atoms with Crippen molar-refractivity contribution in [3.05, 3.63) is 28.3 Å². The molecule has 2 unspecified atom stereocenters. The van der Waals surface area contributed by atoms with Crippen molar-refractivity contribution < 1.29 is 14.4 Å². The van der Waals surface area contributed by atoms with Gasteiger partial charge in [-0.25, -0.2) is 5.84 Å². The molecule has 3 amide bonds. The number of rotatable bonds is 6. The number of carbonyl (C=O) groups is 3. The zero-order valence-electron chi connectivity index (χ0n) is 16.6. The molecule has 2 aliphatic heterocycles. The molecule has 0 bridgehead atoms. The van der Waals surface area contributed by atoms with Gasteiger partial charge in [0.15, 0.2) is 5.66 Å². The molecule has 10 nitrogen and oxygen atoms in total. The molecule has 4 atom stereocenters. The summed E-state index contributed by atoms with van der Waals surface area (Å²) in [6.07, 6.45) is 4.18. The zero-order chi connectivity index (χ0) is 21.2. The topological polar surface area (TPSA) is 151 Å². The van der Waals surface area contributed by atoms with Crippen molar-refractivity contribution in [2.24, 2.45) is 22.7 Å². The van der Waals surface area contributed by atoms with Crippen molar-refractivity contribution in [3.63, 3.8) is 0 Å². The first-order valence-electron chi connectivity index (χ1n) is 9.27. The summed E-state index contributed by atoms with van der Waals surface area (Å²) in [4.78, 5) is 50.3. The second-order valence-corrected chi connectivity index (χ2v) is 7.42. The van der Waals surface area contributed by atoms with Gasteiger partial charge < -0.3 is 16.0 Å². The number of nitrogens with two attached hydrogens (primary N) is 2. The highest BCUT2D eigenvalue weighted by molar-refractivity contribution is 6.00. The first kappa shape index (κ1) is 21.7. The minimum atomic E-state index is -1.85. The van der Waals surface area contributed by atoms with Gasteiger partial charge in [-0.3, -0.25) is 19.4 Å². The molecule has 0 spiro atoms. The van der Waals surface area contributed by atoms with Gasteiger partial charge in [-0.1, -0.05) is 26.0 Å². The average Bonchev–Trinajstić information content (AvgIpc) is 2.65. The first-order chi connectivity index (χ1) is 13.1.